The Morgan fingerprint density at radius 3 is 2.52 bits per heavy atom. The van der Waals surface area contributed by atoms with E-state index in [4.69, 9.17) is 9.15 Å². The van der Waals surface area contributed by atoms with E-state index >= 15 is 0 Å². The van der Waals surface area contributed by atoms with Crippen LogP contribution >= 0.6 is 0 Å². The minimum atomic E-state index is -0.751. The number of hydrogen-bond donors (Lipinski definition) is 0. The highest BCUT2D eigenvalue weighted by atomic mass is 16.6. The van der Waals surface area contributed by atoms with Crippen LogP contribution in [0, 0.1) is 6.92 Å². The van der Waals surface area contributed by atoms with Crippen molar-refractivity contribution >= 4 is 16.9 Å². The van der Waals surface area contributed by atoms with Crippen molar-refractivity contribution in [1.82, 2.24) is 0 Å². The van der Waals surface area contributed by atoms with Gasteiger partial charge in [-0.25, -0.2) is 4.79 Å². The summed E-state index contributed by atoms with van der Waals surface area (Å²) in [5.41, 5.74) is 1.68. The summed E-state index contributed by atoms with van der Waals surface area (Å²) in [4.78, 5) is 24.3. The van der Waals surface area contributed by atoms with Gasteiger partial charge in [0.05, 0.1) is 18.1 Å². The molecule has 25 heavy (non-hydrogen) atoms. The van der Waals surface area contributed by atoms with Gasteiger partial charge in [-0.2, -0.15) is 0 Å². The van der Waals surface area contributed by atoms with Gasteiger partial charge in [-0.15, -0.1) is 0 Å². The molecule has 0 saturated heterocycles. The Morgan fingerprint density at radius 1 is 1.12 bits per heavy atom. The molecule has 1 aromatic heterocycles. The van der Waals surface area contributed by atoms with Crippen LogP contribution in [0.25, 0.3) is 22.1 Å². The lowest BCUT2D eigenvalue weighted by atomic mass is 10.0. The molecule has 0 spiro atoms. The van der Waals surface area contributed by atoms with Gasteiger partial charge < -0.3 is 13.9 Å². The molecule has 0 amide bonds. The maximum absolute atomic E-state index is 12.9. The lowest BCUT2D eigenvalue weighted by Crippen LogP contribution is -2.24. The summed E-state index contributed by atoms with van der Waals surface area (Å²) in [6.07, 6.45) is -0.751. The van der Waals surface area contributed by atoms with Crippen LogP contribution in [-0.2, 0) is 9.53 Å². The normalized spacial score (nSPS) is 12.0. The Hall–Kier alpha value is -3.08. The van der Waals surface area contributed by atoms with Gasteiger partial charge in [0.1, 0.15) is 17.1 Å². The first-order chi connectivity index (χ1) is 12.0. The molecule has 1 unspecified atom stereocenters. The molecule has 0 aliphatic rings. The predicted molar refractivity (Wildman–Crippen MR) is 94.8 cm³/mol. The largest absolute Gasteiger partial charge is 0.479 e. The zero-order valence-electron chi connectivity index (χ0n) is 14.2. The van der Waals surface area contributed by atoms with Gasteiger partial charge in [0.15, 0.2) is 6.10 Å². The summed E-state index contributed by atoms with van der Waals surface area (Å²) in [6, 6.07) is 14.3. The predicted octanol–water partition coefficient (Wildman–Crippen LogP) is 3.71. The molecule has 0 fully saturated rings. The molecule has 1 heterocycles. The number of hydrogen-bond acceptors (Lipinski definition) is 5. The summed E-state index contributed by atoms with van der Waals surface area (Å²) in [6.45, 7) is 3.35. The number of carbonyl (C=O) groups is 1. The molecule has 0 N–H and O–H groups in total. The quantitative estimate of drug-likeness (QED) is 0.679. The summed E-state index contributed by atoms with van der Waals surface area (Å²) in [5.74, 6) is 0.486. The lowest BCUT2D eigenvalue weighted by Gasteiger charge is -2.13. The van der Waals surface area contributed by atoms with Crippen LogP contribution in [0.2, 0.25) is 0 Å². The number of fused-ring (bicyclic) bond motifs is 1. The molecule has 0 aliphatic heterocycles. The monoisotopic (exact) mass is 338 g/mol. The Labute approximate surface area is 144 Å². The molecule has 0 saturated carbocycles. The van der Waals surface area contributed by atoms with Crippen molar-refractivity contribution in [2.75, 3.05) is 7.11 Å². The van der Waals surface area contributed by atoms with Crippen LogP contribution in [0.3, 0.4) is 0 Å². The van der Waals surface area contributed by atoms with Crippen molar-refractivity contribution in [3.63, 3.8) is 0 Å². The fourth-order valence-electron chi connectivity index (χ4n) is 2.72. The number of rotatable bonds is 4. The van der Waals surface area contributed by atoms with Crippen LogP contribution < -0.4 is 10.2 Å². The highest BCUT2D eigenvalue weighted by Gasteiger charge is 2.17. The minimum absolute atomic E-state index is 0.0995. The lowest BCUT2D eigenvalue weighted by molar-refractivity contribution is -0.147. The average molecular weight is 338 g/mol. The van der Waals surface area contributed by atoms with Gasteiger partial charge in [-0.05, 0) is 31.5 Å². The molecule has 0 bridgehead atoms. The van der Waals surface area contributed by atoms with Crippen LogP contribution in [0.15, 0.2) is 57.7 Å². The average Bonchev–Trinajstić information content (AvgIpc) is 2.61. The molecule has 0 radical (unpaired) electrons. The Bertz CT molecular complexity index is 973. The van der Waals surface area contributed by atoms with Crippen molar-refractivity contribution in [2.45, 2.75) is 20.0 Å². The number of ether oxygens (including phenoxy) is 2. The summed E-state index contributed by atoms with van der Waals surface area (Å²) >= 11 is 0. The second-order valence-electron chi connectivity index (χ2n) is 5.67. The van der Waals surface area contributed by atoms with E-state index in [1.54, 1.807) is 32.0 Å². The third-order valence-corrected chi connectivity index (χ3v) is 3.95. The third-order valence-electron chi connectivity index (χ3n) is 3.95. The summed E-state index contributed by atoms with van der Waals surface area (Å²) in [7, 11) is 1.30. The van der Waals surface area contributed by atoms with E-state index in [9.17, 15) is 9.59 Å². The maximum Gasteiger partial charge on any atom is 0.346 e. The molecule has 5 nitrogen and oxygen atoms in total. The Morgan fingerprint density at radius 2 is 1.84 bits per heavy atom. The minimum Gasteiger partial charge on any atom is -0.479 e. The van der Waals surface area contributed by atoms with Gasteiger partial charge in [0.25, 0.3) is 0 Å². The highest BCUT2D eigenvalue weighted by molar-refractivity contribution is 5.84. The van der Waals surface area contributed by atoms with E-state index in [0.29, 0.717) is 28.0 Å². The first-order valence-electron chi connectivity index (χ1n) is 7.88. The van der Waals surface area contributed by atoms with Gasteiger partial charge in [0, 0.05) is 6.07 Å². The molecule has 0 aliphatic carbocycles. The van der Waals surface area contributed by atoms with Crippen molar-refractivity contribution in [1.29, 1.82) is 0 Å². The van der Waals surface area contributed by atoms with Crippen LogP contribution in [0.4, 0.5) is 0 Å². The molecule has 2 aromatic carbocycles. The van der Waals surface area contributed by atoms with Crippen molar-refractivity contribution in [3.05, 3.63) is 64.5 Å². The topological polar surface area (TPSA) is 65.7 Å². The standard InChI is InChI=1S/C20H18O5/c1-12-18(14-7-5-4-6-8-14)19(21)16-10-9-15(11-17(16)25-12)24-13(2)20(22)23-3/h4-11,13H,1-3H3. The number of benzene rings is 2. The Kier molecular flexibility index (Phi) is 4.57. The van der Waals surface area contributed by atoms with Crippen molar-refractivity contribution < 1.29 is 18.7 Å². The van der Waals surface area contributed by atoms with E-state index in [1.807, 2.05) is 30.3 Å². The number of methoxy groups -OCH3 is 1. The van der Waals surface area contributed by atoms with Gasteiger partial charge in [-0.1, -0.05) is 30.3 Å². The van der Waals surface area contributed by atoms with Crippen molar-refractivity contribution in [2.24, 2.45) is 0 Å². The highest BCUT2D eigenvalue weighted by Crippen LogP contribution is 2.26. The van der Waals surface area contributed by atoms with Crippen LogP contribution in [0.1, 0.15) is 12.7 Å². The van der Waals surface area contributed by atoms with Crippen LogP contribution in [-0.4, -0.2) is 19.2 Å². The second-order valence-corrected chi connectivity index (χ2v) is 5.67. The zero-order chi connectivity index (χ0) is 18.0. The van der Waals surface area contributed by atoms with Gasteiger partial charge in [-0.3, -0.25) is 4.79 Å². The fourth-order valence-corrected chi connectivity index (χ4v) is 2.72. The number of aryl methyl sites for hydroxylation is 1. The Balaban J connectivity index is 2.06. The zero-order valence-corrected chi connectivity index (χ0v) is 14.2. The SMILES string of the molecule is COC(=O)C(C)Oc1ccc2c(=O)c(-c3ccccc3)c(C)oc2c1. The smallest absolute Gasteiger partial charge is 0.346 e. The molecular weight excluding hydrogens is 320 g/mol. The van der Waals surface area contributed by atoms with E-state index in [2.05, 4.69) is 4.74 Å². The summed E-state index contributed by atoms with van der Waals surface area (Å²) < 4.78 is 16.0. The number of esters is 1. The first kappa shape index (κ1) is 16.8. The van der Waals surface area contributed by atoms with Gasteiger partial charge >= 0.3 is 5.97 Å². The van der Waals surface area contributed by atoms with Gasteiger partial charge in [0.2, 0.25) is 5.43 Å². The van der Waals surface area contributed by atoms with Crippen LogP contribution in [0.5, 0.6) is 5.75 Å². The molecule has 128 valence electrons. The molecule has 3 rings (SSSR count). The third kappa shape index (κ3) is 3.26. The maximum atomic E-state index is 12.9. The van der Waals surface area contributed by atoms with E-state index in [0.717, 1.165) is 5.56 Å². The molecular formula is C20H18O5. The number of carbonyl (C=O) groups excluding carboxylic acids is 1. The van der Waals surface area contributed by atoms with E-state index < -0.39 is 12.1 Å². The molecule has 5 heteroatoms. The molecule has 1 atom stereocenters. The molecule has 3 aromatic rings. The van der Waals surface area contributed by atoms with E-state index in [-0.39, 0.29) is 5.43 Å². The first-order valence-corrected chi connectivity index (χ1v) is 7.88. The fraction of sp³-hybridized carbons (Fsp3) is 0.200. The van der Waals surface area contributed by atoms with E-state index in [1.165, 1.54) is 7.11 Å². The summed E-state index contributed by atoms with van der Waals surface area (Å²) in [5, 5.41) is 0.461. The van der Waals surface area contributed by atoms with Crippen molar-refractivity contribution in [3.8, 4) is 16.9 Å². The second kappa shape index (κ2) is 6.81.